The quantitative estimate of drug-likeness (QED) is 0.669. The number of carbonyl (C=O) groups excluding carboxylic acids is 1. The molecule has 1 aromatic heterocycles. The van der Waals surface area contributed by atoms with Crippen LogP contribution in [0.4, 0.5) is 10.5 Å². The fourth-order valence-electron chi connectivity index (χ4n) is 2.36. The lowest BCUT2D eigenvalue weighted by Gasteiger charge is -2.10. The summed E-state index contributed by atoms with van der Waals surface area (Å²) in [6.45, 7) is 0.264. The number of aliphatic hydroxyl groups excluding tert-OH is 1. The molecule has 126 valence electrons. The van der Waals surface area contributed by atoms with Crippen LogP contribution in [0.25, 0.3) is 11.4 Å². The van der Waals surface area contributed by atoms with Crippen molar-refractivity contribution in [1.82, 2.24) is 15.3 Å². The van der Waals surface area contributed by atoms with Crippen LogP contribution in [-0.4, -0.2) is 21.1 Å². The van der Waals surface area contributed by atoms with E-state index in [1.165, 1.54) is 0 Å². The Morgan fingerprint density at radius 2 is 1.56 bits per heavy atom. The molecule has 1 heterocycles. The summed E-state index contributed by atoms with van der Waals surface area (Å²) in [7, 11) is 0. The molecule has 0 fully saturated rings. The van der Waals surface area contributed by atoms with Crippen LogP contribution >= 0.6 is 0 Å². The minimum Gasteiger partial charge on any atom is -0.392 e. The van der Waals surface area contributed by atoms with Gasteiger partial charge in [0.15, 0.2) is 5.82 Å². The summed E-state index contributed by atoms with van der Waals surface area (Å²) in [5, 5.41) is 14.7. The van der Waals surface area contributed by atoms with E-state index >= 15 is 0 Å². The number of nitrogens with one attached hydrogen (secondary N) is 2. The third kappa shape index (κ3) is 4.39. The second-order valence-corrected chi connectivity index (χ2v) is 5.40. The largest absolute Gasteiger partial charge is 0.392 e. The van der Waals surface area contributed by atoms with Crippen LogP contribution < -0.4 is 10.6 Å². The Morgan fingerprint density at radius 3 is 2.24 bits per heavy atom. The summed E-state index contributed by atoms with van der Waals surface area (Å²) in [6.07, 6.45) is 3.13. The fourth-order valence-corrected chi connectivity index (χ4v) is 2.36. The van der Waals surface area contributed by atoms with Crippen molar-refractivity contribution in [2.24, 2.45) is 0 Å². The molecule has 0 bridgehead atoms. The first-order valence-corrected chi connectivity index (χ1v) is 7.86. The molecule has 0 saturated carbocycles. The maximum atomic E-state index is 12.0. The smallest absolute Gasteiger partial charge is 0.319 e. The molecule has 0 saturated heterocycles. The van der Waals surface area contributed by atoms with Crippen molar-refractivity contribution >= 4 is 11.7 Å². The molecular formula is C19H18N4O2. The van der Waals surface area contributed by atoms with Crippen LogP contribution in [0.15, 0.2) is 67.0 Å². The molecule has 6 nitrogen and oxygen atoms in total. The van der Waals surface area contributed by atoms with Crippen LogP contribution in [0.3, 0.4) is 0 Å². The average molecular weight is 334 g/mol. The van der Waals surface area contributed by atoms with E-state index in [9.17, 15) is 9.90 Å². The summed E-state index contributed by atoms with van der Waals surface area (Å²) in [5.41, 5.74) is 3.08. The molecule has 0 spiro atoms. The van der Waals surface area contributed by atoms with E-state index in [1.54, 1.807) is 12.4 Å². The van der Waals surface area contributed by atoms with E-state index < -0.39 is 0 Å². The number of urea groups is 1. The predicted octanol–water partition coefficient (Wildman–Crippen LogP) is 2.96. The van der Waals surface area contributed by atoms with Gasteiger partial charge in [0.2, 0.25) is 0 Å². The summed E-state index contributed by atoms with van der Waals surface area (Å²) in [5.74, 6) is 0.600. The Hall–Kier alpha value is -3.25. The van der Waals surface area contributed by atoms with E-state index in [4.69, 9.17) is 0 Å². The minimum absolute atomic E-state index is 0.0612. The number of aromatic nitrogens is 2. The Bertz CT molecular complexity index is 836. The Labute approximate surface area is 145 Å². The number of aliphatic hydroxyl groups is 1. The SMILES string of the molecule is O=C(NCc1ccccc1CO)Nc1cnc(-c2ccccc2)nc1. The van der Waals surface area contributed by atoms with E-state index in [1.807, 2.05) is 54.6 Å². The minimum atomic E-state index is -0.358. The van der Waals surface area contributed by atoms with E-state index in [-0.39, 0.29) is 12.6 Å². The van der Waals surface area contributed by atoms with Gasteiger partial charge in [-0.15, -0.1) is 0 Å². The zero-order valence-corrected chi connectivity index (χ0v) is 13.5. The second kappa shape index (κ2) is 8.03. The van der Waals surface area contributed by atoms with E-state index in [0.717, 1.165) is 16.7 Å². The second-order valence-electron chi connectivity index (χ2n) is 5.40. The van der Waals surface area contributed by atoms with Gasteiger partial charge in [0.05, 0.1) is 24.7 Å². The van der Waals surface area contributed by atoms with E-state index in [2.05, 4.69) is 20.6 Å². The molecule has 3 N–H and O–H groups in total. The maximum Gasteiger partial charge on any atom is 0.319 e. The summed E-state index contributed by atoms with van der Waals surface area (Å²) in [6, 6.07) is 16.7. The third-order valence-corrected chi connectivity index (χ3v) is 3.67. The highest BCUT2D eigenvalue weighted by Gasteiger charge is 2.06. The molecule has 2 aromatic carbocycles. The van der Waals surface area contributed by atoms with Gasteiger partial charge in [0, 0.05) is 12.1 Å². The van der Waals surface area contributed by atoms with Gasteiger partial charge in [0.1, 0.15) is 0 Å². The van der Waals surface area contributed by atoms with Crippen LogP contribution in [0.2, 0.25) is 0 Å². The molecule has 0 radical (unpaired) electrons. The van der Waals surface area contributed by atoms with Crippen LogP contribution in [0.5, 0.6) is 0 Å². The number of amides is 2. The maximum absolute atomic E-state index is 12.0. The van der Waals surface area contributed by atoms with Crippen molar-refractivity contribution in [3.05, 3.63) is 78.1 Å². The predicted molar refractivity (Wildman–Crippen MR) is 95.7 cm³/mol. The Kier molecular flexibility index (Phi) is 5.33. The number of carbonyl (C=O) groups is 1. The molecule has 0 unspecified atom stereocenters. The number of nitrogens with zero attached hydrogens (tertiary/aromatic N) is 2. The lowest BCUT2D eigenvalue weighted by molar-refractivity contribution is 0.251. The molecule has 3 aromatic rings. The lowest BCUT2D eigenvalue weighted by Crippen LogP contribution is -2.28. The number of hydrogen-bond donors (Lipinski definition) is 3. The van der Waals surface area contributed by atoms with Gasteiger partial charge >= 0.3 is 6.03 Å². The van der Waals surface area contributed by atoms with Gasteiger partial charge in [-0.2, -0.15) is 0 Å². The highest BCUT2D eigenvalue weighted by Crippen LogP contribution is 2.14. The molecule has 2 amide bonds. The molecule has 0 aliphatic carbocycles. The molecule has 0 atom stereocenters. The lowest BCUT2D eigenvalue weighted by atomic mass is 10.1. The molecule has 0 aliphatic heterocycles. The van der Waals surface area contributed by atoms with Crippen molar-refractivity contribution in [3.63, 3.8) is 0 Å². The Balaban J connectivity index is 1.58. The van der Waals surface area contributed by atoms with Gasteiger partial charge in [-0.1, -0.05) is 54.6 Å². The zero-order valence-electron chi connectivity index (χ0n) is 13.5. The molecule has 6 heteroatoms. The number of benzene rings is 2. The standard InChI is InChI=1S/C19H18N4O2/c24-13-16-9-5-4-8-15(16)10-22-19(25)23-17-11-20-18(21-12-17)14-6-2-1-3-7-14/h1-9,11-12,24H,10,13H2,(H2,22,23,25). The summed E-state index contributed by atoms with van der Waals surface area (Å²) < 4.78 is 0. The first-order valence-electron chi connectivity index (χ1n) is 7.86. The summed E-state index contributed by atoms with van der Waals surface area (Å²) >= 11 is 0. The number of hydrogen-bond acceptors (Lipinski definition) is 4. The number of rotatable bonds is 5. The molecule has 25 heavy (non-hydrogen) atoms. The van der Waals surface area contributed by atoms with Crippen molar-refractivity contribution in [2.45, 2.75) is 13.2 Å². The zero-order chi connectivity index (χ0) is 17.5. The van der Waals surface area contributed by atoms with Gasteiger partial charge in [-0.05, 0) is 11.1 Å². The highest BCUT2D eigenvalue weighted by atomic mass is 16.3. The van der Waals surface area contributed by atoms with Crippen molar-refractivity contribution in [1.29, 1.82) is 0 Å². The number of anilines is 1. The van der Waals surface area contributed by atoms with Crippen LogP contribution in [0.1, 0.15) is 11.1 Å². The highest BCUT2D eigenvalue weighted by molar-refractivity contribution is 5.88. The van der Waals surface area contributed by atoms with Crippen LogP contribution in [0, 0.1) is 0 Å². The van der Waals surface area contributed by atoms with Gasteiger partial charge < -0.3 is 15.7 Å². The topological polar surface area (TPSA) is 87.1 Å². The van der Waals surface area contributed by atoms with Crippen molar-refractivity contribution in [2.75, 3.05) is 5.32 Å². The van der Waals surface area contributed by atoms with Gasteiger partial charge in [-0.3, -0.25) is 0 Å². The average Bonchev–Trinajstić information content (AvgIpc) is 2.68. The Morgan fingerprint density at radius 1 is 0.920 bits per heavy atom. The molecule has 3 rings (SSSR count). The fraction of sp³-hybridized carbons (Fsp3) is 0.105. The van der Waals surface area contributed by atoms with Gasteiger partial charge in [0.25, 0.3) is 0 Å². The van der Waals surface area contributed by atoms with E-state index in [0.29, 0.717) is 18.1 Å². The van der Waals surface area contributed by atoms with Crippen molar-refractivity contribution in [3.8, 4) is 11.4 Å². The first kappa shape index (κ1) is 16.6. The van der Waals surface area contributed by atoms with Crippen LogP contribution in [-0.2, 0) is 13.2 Å². The monoisotopic (exact) mass is 334 g/mol. The third-order valence-electron chi connectivity index (χ3n) is 3.67. The molecular weight excluding hydrogens is 316 g/mol. The van der Waals surface area contributed by atoms with Gasteiger partial charge in [-0.25, -0.2) is 14.8 Å². The normalized spacial score (nSPS) is 10.3. The first-order chi connectivity index (χ1) is 12.3. The van der Waals surface area contributed by atoms with Crippen molar-refractivity contribution < 1.29 is 9.90 Å². The summed E-state index contributed by atoms with van der Waals surface area (Å²) in [4.78, 5) is 20.5. The molecule has 0 aliphatic rings.